The van der Waals surface area contributed by atoms with Crippen molar-refractivity contribution in [3.8, 4) is 11.3 Å². The van der Waals surface area contributed by atoms with Crippen LogP contribution in [0, 0.1) is 5.82 Å². The highest BCUT2D eigenvalue weighted by molar-refractivity contribution is 6.07. The van der Waals surface area contributed by atoms with E-state index in [1.165, 1.54) is 12.1 Å². The van der Waals surface area contributed by atoms with Gasteiger partial charge >= 0.3 is 0 Å². The van der Waals surface area contributed by atoms with Gasteiger partial charge in [-0.3, -0.25) is 4.79 Å². The summed E-state index contributed by atoms with van der Waals surface area (Å²) in [5.74, 6) is 0.254. The Kier molecular flexibility index (Phi) is 4.46. The molecule has 0 fully saturated rings. The zero-order valence-electron chi connectivity index (χ0n) is 15.9. The normalized spacial score (nSPS) is 11.3. The van der Waals surface area contributed by atoms with E-state index in [-0.39, 0.29) is 18.3 Å². The SMILES string of the molecule is CCC(=O)NCc1cc(F)cc(-c2cc3c(nc(NC)c4ncn(C)c43)[nH]2)c1. The van der Waals surface area contributed by atoms with Crippen LogP contribution in [0.15, 0.2) is 30.6 Å². The molecule has 1 aromatic carbocycles. The Morgan fingerprint density at radius 3 is 2.86 bits per heavy atom. The smallest absolute Gasteiger partial charge is 0.219 e. The number of imidazole rings is 1. The van der Waals surface area contributed by atoms with Crippen molar-refractivity contribution >= 4 is 33.8 Å². The molecule has 0 spiro atoms. The summed E-state index contributed by atoms with van der Waals surface area (Å²) in [5.41, 5.74) is 4.57. The fourth-order valence-corrected chi connectivity index (χ4v) is 3.36. The molecule has 0 aliphatic carbocycles. The number of carbonyl (C=O) groups excluding carboxylic acids is 1. The molecule has 3 N–H and O–H groups in total. The van der Waals surface area contributed by atoms with Gasteiger partial charge in [-0.2, -0.15) is 0 Å². The number of aryl methyl sites for hydroxylation is 1. The minimum Gasteiger partial charge on any atom is -0.371 e. The molecule has 0 saturated heterocycles. The number of nitrogens with zero attached hydrogens (tertiary/aromatic N) is 3. The number of amides is 1. The zero-order chi connectivity index (χ0) is 19.8. The Bertz CT molecular complexity index is 1190. The van der Waals surface area contributed by atoms with Crippen LogP contribution in [0.2, 0.25) is 0 Å². The summed E-state index contributed by atoms with van der Waals surface area (Å²) in [6, 6.07) is 6.71. The Morgan fingerprint density at radius 1 is 1.29 bits per heavy atom. The van der Waals surface area contributed by atoms with E-state index in [1.807, 2.05) is 23.7 Å². The number of hydrogen-bond donors (Lipinski definition) is 3. The van der Waals surface area contributed by atoms with Crippen LogP contribution >= 0.6 is 0 Å². The van der Waals surface area contributed by atoms with Crippen molar-refractivity contribution in [2.24, 2.45) is 7.05 Å². The van der Waals surface area contributed by atoms with Gasteiger partial charge in [0.15, 0.2) is 5.82 Å². The molecule has 7 nitrogen and oxygen atoms in total. The molecule has 28 heavy (non-hydrogen) atoms. The third kappa shape index (κ3) is 3.06. The summed E-state index contributed by atoms with van der Waals surface area (Å²) < 4.78 is 16.1. The van der Waals surface area contributed by atoms with Crippen molar-refractivity contribution in [1.29, 1.82) is 0 Å². The van der Waals surface area contributed by atoms with Crippen molar-refractivity contribution in [2.75, 3.05) is 12.4 Å². The van der Waals surface area contributed by atoms with Crippen LogP contribution in [-0.2, 0) is 18.4 Å². The molecular formula is C20H21FN6O. The molecule has 0 aliphatic heterocycles. The molecule has 0 radical (unpaired) electrons. The number of aromatic amines is 1. The molecule has 0 bridgehead atoms. The van der Waals surface area contributed by atoms with Crippen molar-refractivity contribution in [1.82, 2.24) is 24.8 Å². The van der Waals surface area contributed by atoms with E-state index >= 15 is 0 Å². The maximum absolute atomic E-state index is 14.2. The first-order valence-corrected chi connectivity index (χ1v) is 9.08. The number of rotatable bonds is 5. The van der Waals surface area contributed by atoms with Crippen LogP contribution in [0.3, 0.4) is 0 Å². The van der Waals surface area contributed by atoms with Crippen LogP contribution in [-0.4, -0.2) is 32.5 Å². The summed E-state index contributed by atoms with van der Waals surface area (Å²) in [4.78, 5) is 23.8. The minimum atomic E-state index is -0.355. The number of H-pyrrole nitrogens is 1. The topological polar surface area (TPSA) is 87.6 Å². The Hall–Kier alpha value is -3.42. The maximum atomic E-state index is 14.2. The van der Waals surface area contributed by atoms with Gasteiger partial charge in [0.05, 0.1) is 11.8 Å². The van der Waals surface area contributed by atoms with Gasteiger partial charge in [-0.25, -0.2) is 14.4 Å². The van der Waals surface area contributed by atoms with Crippen LogP contribution in [0.4, 0.5) is 10.2 Å². The van der Waals surface area contributed by atoms with Gasteiger partial charge < -0.3 is 20.2 Å². The number of benzene rings is 1. The van der Waals surface area contributed by atoms with E-state index in [9.17, 15) is 9.18 Å². The number of nitrogens with one attached hydrogen (secondary N) is 3. The Morgan fingerprint density at radius 2 is 2.11 bits per heavy atom. The average Bonchev–Trinajstić information content (AvgIpc) is 3.28. The molecule has 3 heterocycles. The van der Waals surface area contributed by atoms with Gasteiger partial charge in [-0.15, -0.1) is 0 Å². The van der Waals surface area contributed by atoms with Gasteiger partial charge in [0.25, 0.3) is 0 Å². The number of anilines is 1. The van der Waals surface area contributed by atoms with E-state index in [0.717, 1.165) is 22.1 Å². The fraction of sp³-hybridized carbons (Fsp3) is 0.250. The predicted octanol–water partition coefficient (Wildman–Crippen LogP) is 3.32. The Balaban J connectivity index is 1.81. The number of carbonyl (C=O) groups is 1. The van der Waals surface area contributed by atoms with Crippen molar-refractivity contribution < 1.29 is 9.18 Å². The highest BCUT2D eigenvalue weighted by atomic mass is 19.1. The van der Waals surface area contributed by atoms with Gasteiger partial charge in [-0.1, -0.05) is 6.92 Å². The lowest BCUT2D eigenvalue weighted by molar-refractivity contribution is -0.120. The summed E-state index contributed by atoms with van der Waals surface area (Å²) in [7, 11) is 3.73. The average molecular weight is 380 g/mol. The molecule has 0 saturated carbocycles. The second kappa shape index (κ2) is 6.95. The van der Waals surface area contributed by atoms with Crippen LogP contribution in [0.1, 0.15) is 18.9 Å². The third-order valence-corrected chi connectivity index (χ3v) is 4.75. The van der Waals surface area contributed by atoms with Gasteiger partial charge in [0.2, 0.25) is 5.91 Å². The summed E-state index contributed by atoms with van der Waals surface area (Å²) >= 11 is 0. The van der Waals surface area contributed by atoms with E-state index in [4.69, 9.17) is 0 Å². The lowest BCUT2D eigenvalue weighted by Crippen LogP contribution is -2.21. The second-order valence-corrected chi connectivity index (χ2v) is 6.69. The minimum absolute atomic E-state index is 0.0705. The standard InChI is InChI=1S/C20H21FN6O/c1-4-16(28)23-9-11-5-12(7-13(21)6-11)15-8-14-18-17(24-10-27(18)3)20(22-2)26-19(14)25-15/h5-8,10H,4,9H2,1-3H3,(H,23,28)(H2,22,25,26). The molecule has 8 heteroatoms. The van der Waals surface area contributed by atoms with Crippen molar-refractivity contribution in [3.63, 3.8) is 0 Å². The highest BCUT2D eigenvalue weighted by Gasteiger charge is 2.15. The van der Waals surface area contributed by atoms with Crippen molar-refractivity contribution in [2.45, 2.75) is 19.9 Å². The lowest BCUT2D eigenvalue weighted by Gasteiger charge is -2.06. The lowest BCUT2D eigenvalue weighted by atomic mass is 10.1. The molecule has 4 aromatic rings. The quantitative estimate of drug-likeness (QED) is 0.496. The summed E-state index contributed by atoms with van der Waals surface area (Å²) in [6.07, 6.45) is 2.14. The van der Waals surface area contributed by atoms with Gasteiger partial charge in [-0.05, 0) is 29.8 Å². The van der Waals surface area contributed by atoms with E-state index in [0.29, 0.717) is 29.0 Å². The van der Waals surface area contributed by atoms with Crippen LogP contribution < -0.4 is 10.6 Å². The van der Waals surface area contributed by atoms with E-state index in [1.54, 1.807) is 20.3 Å². The number of hydrogen-bond acceptors (Lipinski definition) is 4. The van der Waals surface area contributed by atoms with Crippen LogP contribution in [0.25, 0.3) is 33.3 Å². The van der Waals surface area contributed by atoms with Gasteiger partial charge in [0.1, 0.15) is 17.0 Å². The number of halogens is 1. The molecule has 144 valence electrons. The highest BCUT2D eigenvalue weighted by Crippen LogP contribution is 2.32. The zero-order valence-corrected chi connectivity index (χ0v) is 15.9. The first-order valence-electron chi connectivity index (χ1n) is 9.08. The molecular weight excluding hydrogens is 359 g/mol. The summed E-state index contributed by atoms with van der Waals surface area (Å²) in [5, 5.41) is 6.76. The Labute approximate surface area is 161 Å². The largest absolute Gasteiger partial charge is 0.371 e. The van der Waals surface area contributed by atoms with Gasteiger partial charge in [0, 0.05) is 43.7 Å². The number of aromatic nitrogens is 4. The van der Waals surface area contributed by atoms with E-state index in [2.05, 4.69) is 25.6 Å². The maximum Gasteiger partial charge on any atom is 0.219 e. The first kappa shape index (κ1) is 18.0. The number of pyridine rings is 1. The first-order chi connectivity index (χ1) is 13.5. The summed E-state index contributed by atoms with van der Waals surface area (Å²) in [6.45, 7) is 2.06. The molecule has 0 atom stereocenters. The molecule has 0 unspecified atom stereocenters. The van der Waals surface area contributed by atoms with Crippen molar-refractivity contribution in [3.05, 3.63) is 42.0 Å². The van der Waals surface area contributed by atoms with Crippen LogP contribution in [0.5, 0.6) is 0 Å². The predicted molar refractivity (Wildman–Crippen MR) is 107 cm³/mol. The molecule has 1 amide bonds. The fourth-order valence-electron chi connectivity index (χ4n) is 3.36. The molecule has 0 aliphatic rings. The molecule has 3 aromatic heterocycles. The van der Waals surface area contributed by atoms with E-state index < -0.39 is 0 Å². The third-order valence-electron chi connectivity index (χ3n) is 4.75. The monoisotopic (exact) mass is 380 g/mol. The molecule has 4 rings (SSSR count). The number of fused-ring (bicyclic) bond motifs is 3. The second-order valence-electron chi connectivity index (χ2n) is 6.69.